The van der Waals surface area contributed by atoms with Crippen molar-refractivity contribution in [3.05, 3.63) is 64.7 Å². The first kappa shape index (κ1) is 22.1. The lowest BCUT2D eigenvalue weighted by Gasteiger charge is -2.17. The summed E-state index contributed by atoms with van der Waals surface area (Å²) in [4.78, 5) is 32.6. The van der Waals surface area contributed by atoms with Gasteiger partial charge >= 0.3 is 0 Å². The van der Waals surface area contributed by atoms with Crippen LogP contribution in [0.25, 0.3) is 10.2 Å². The summed E-state index contributed by atoms with van der Waals surface area (Å²) in [6.45, 7) is 8.85. The van der Waals surface area contributed by atoms with E-state index >= 15 is 0 Å². The van der Waals surface area contributed by atoms with E-state index < -0.39 is 0 Å². The van der Waals surface area contributed by atoms with Crippen molar-refractivity contribution in [1.29, 1.82) is 0 Å². The average Bonchev–Trinajstić information content (AvgIpc) is 3.55. The number of thiazole rings is 1. The van der Waals surface area contributed by atoms with Crippen molar-refractivity contribution in [3.63, 3.8) is 0 Å². The number of hydrogen-bond donors (Lipinski definition) is 0. The van der Waals surface area contributed by atoms with Gasteiger partial charge in [0, 0.05) is 5.75 Å². The smallest absolute Gasteiger partial charge is 0.238 e. The van der Waals surface area contributed by atoms with Crippen LogP contribution in [0.5, 0.6) is 0 Å². The van der Waals surface area contributed by atoms with Crippen molar-refractivity contribution in [3.8, 4) is 0 Å². The monoisotopic (exact) mass is 488 g/mol. The van der Waals surface area contributed by atoms with Gasteiger partial charge in [0.05, 0.1) is 27.7 Å². The Labute approximate surface area is 208 Å². The van der Waals surface area contributed by atoms with Crippen molar-refractivity contribution in [2.24, 2.45) is 23.7 Å². The van der Waals surface area contributed by atoms with E-state index in [1.54, 1.807) is 23.1 Å². The molecule has 4 nitrogen and oxygen atoms in total. The van der Waals surface area contributed by atoms with Crippen LogP contribution in [0.15, 0.2) is 46.8 Å². The van der Waals surface area contributed by atoms with E-state index in [1.807, 2.05) is 18.2 Å². The number of imide groups is 1. The van der Waals surface area contributed by atoms with Crippen LogP contribution in [-0.4, -0.2) is 16.8 Å². The Kier molecular flexibility index (Phi) is 5.23. The summed E-state index contributed by atoms with van der Waals surface area (Å²) >= 11 is 3.39. The molecular formula is C28H28N2O2S2. The topological polar surface area (TPSA) is 50.3 Å². The second kappa shape index (κ2) is 8.06. The zero-order chi connectivity index (χ0) is 23.7. The molecule has 6 heteroatoms. The van der Waals surface area contributed by atoms with E-state index in [9.17, 15) is 9.59 Å². The highest BCUT2D eigenvalue weighted by molar-refractivity contribution is 8.00. The van der Waals surface area contributed by atoms with Gasteiger partial charge in [0.1, 0.15) is 0 Å². The Morgan fingerprint density at radius 1 is 1.03 bits per heavy atom. The Morgan fingerprint density at radius 3 is 2.29 bits per heavy atom. The molecule has 2 aliphatic carbocycles. The van der Waals surface area contributed by atoms with Crippen LogP contribution in [0.1, 0.15) is 48.4 Å². The number of thioether (sulfide) groups is 1. The molecule has 1 aromatic heterocycles. The Morgan fingerprint density at radius 2 is 1.68 bits per heavy atom. The molecule has 2 heterocycles. The van der Waals surface area contributed by atoms with Crippen LogP contribution in [0.3, 0.4) is 0 Å². The normalized spacial score (nSPS) is 25.4. The molecule has 2 amide bonds. The lowest BCUT2D eigenvalue weighted by molar-refractivity contribution is -0.123. The van der Waals surface area contributed by atoms with Gasteiger partial charge in [-0.25, -0.2) is 9.88 Å². The molecule has 1 aliphatic heterocycles. The Balaban J connectivity index is 1.23. The molecule has 2 aromatic carbocycles. The van der Waals surface area contributed by atoms with Gasteiger partial charge in [-0.1, -0.05) is 49.9 Å². The summed E-state index contributed by atoms with van der Waals surface area (Å²) in [5.74, 6) is 1.48. The number of allylic oxidation sites excluding steroid dienone is 2. The summed E-state index contributed by atoms with van der Waals surface area (Å²) in [6, 6.07) is 10.4. The molecule has 4 atom stereocenters. The van der Waals surface area contributed by atoms with Crippen LogP contribution in [-0.2, 0) is 15.3 Å². The molecule has 3 aromatic rings. The number of fused-ring (bicyclic) bond motifs is 6. The molecule has 0 N–H and O–H groups in total. The van der Waals surface area contributed by atoms with E-state index in [1.165, 1.54) is 27.2 Å². The average molecular weight is 489 g/mol. The standard InChI is InChI=1S/C28H28N2O2S2/c1-14(2)19-9-15(3)21(16(4)10-19)13-33-28-29-22-8-7-20(12-23(22)34-28)30-26(31)24-17-5-6-18(11-17)25(24)27(30)32/h5-10,12,14,17-18,24-25H,11,13H2,1-4H3/t17-,18-,24-,25+/m0/s1. The van der Waals surface area contributed by atoms with Crippen molar-refractivity contribution in [1.82, 2.24) is 4.98 Å². The number of aryl methyl sites for hydroxylation is 2. The minimum absolute atomic E-state index is 0.0268. The van der Waals surface area contributed by atoms with Crippen LogP contribution in [0, 0.1) is 37.5 Å². The van der Waals surface area contributed by atoms with Crippen molar-refractivity contribution >= 4 is 50.8 Å². The van der Waals surface area contributed by atoms with Gasteiger partial charge in [-0.3, -0.25) is 9.59 Å². The van der Waals surface area contributed by atoms with Crippen molar-refractivity contribution in [2.75, 3.05) is 4.90 Å². The molecule has 1 saturated heterocycles. The highest BCUT2D eigenvalue weighted by Gasteiger charge is 2.59. The number of carbonyl (C=O) groups excluding carboxylic acids is 2. The van der Waals surface area contributed by atoms with Crippen LogP contribution >= 0.6 is 23.1 Å². The predicted molar refractivity (Wildman–Crippen MR) is 139 cm³/mol. The number of hydrogen-bond acceptors (Lipinski definition) is 5. The second-order valence-electron chi connectivity index (χ2n) is 10.2. The highest BCUT2D eigenvalue weighted by Crippen LogP contribution is 2.53. The van der Waals surface area contributed by atoms with Gasteiger partial charge in [-0.15, -0.1) is 11.3 Å². The summed E-state index contributed by atoms with van der Waals surface area (Å²) < 4.78 is 2.03. The summed E-state index contributed by atoms with van der Waals surface area (Å²) in [7, 11) is 0. The number of rotatable bonds is 5. The fourth-order valence-electron chi connectivity index (χ4n) is 5.97. The number of benzene rings is 2. The molecule has 34 heavy (non-hydrogen) atoms. The van der Waals surface area contributed by atoms with Crippen LogP contribution in [0.4, 0.5) is 5.69 Å². The molecule has 1 saturated carbocycles. The van der Waals surface area contributed by atoms with E-state index in [4.69, 9.17) is 4.98 Å². The highest BCUT2D eigenvalue weighted by atomic mass is 32.2. The third-order valence-corrected chi connectivity index (χ3v) is 9.99. The number of anilines is 1. The van der Waals surface area contributed by atoms with Gasteiger partial charge in [-0.2, -0.15) is 0 Å². The zero-order valence-electron chi connectivity index (χ0n) is 19.9. The third-order valence-electron chi connectivity index (χ3n) is 7.81. The minimum atomic E-state index is -0.167. The SMILES string of the molecule is Cc1cc(C(C)C)cc(C)c1CSc1nc2ccc(N3C(=O)[C@@H]4[C@H](C3=O)[C@H]3C=C[C@H]4C3)cc2s1. The molecule has 6 rings (SSSR count). The molecular weight excluding hydrogens is 460 g/mol. The first-order valence-electron chi connectivity index (χ1n) is 12.0. The Bertz CT molecular complexity index is 1320. The van der Waals surface area contributed by atoms with E-state index in [2.05, 4.69) is 52.0 Å². The zero-order valence-corrected chi connectivity index (χ0v) is 21.5. The molecule has 0 spiro atoms. The molecule has 2 bridgehead atoms. The largest absolute Gasteiger partial charge is 0.274 e. The first-order valence-corrected chi connectivity index (χ1v) is 13.8. The maximum absolute atomic E-state index is 13.2. The predicted octanol–water partition coefficient (Wildman–Crippen LogP) is 6.64. The van der Waals surface area contributed by atoms with Gasteiger partial charge in [0.2, 0.25) is 11.8 Å². The number of aromatic nitrogens is 1. The lowest BCUT2D eigenvalue weighted by atomic mass is 9.85. The van der Waals surface area contributed by atoms with Gasteiger partial charge in [0.15, 0.2) is 4.34 Å². The van der Waals surface area contributed by atoms with Crippen molar-refractivity contribution in [2.45, 2.75) is 50.1 Å². The molecule has 0 unspecified atom stereocenters. The van der Waals surface area contributed by atoms with Crippen LogP contribution in [0.2, 0.25) is 0 Å². The quantitative estimate of drug-likeness (QED) is 0.229. The first-order chi connectivity index (χ1) is 16.3. The van der Waals surface area contributed by atoms with E-state index in [-0.39, 0.29) is 35.5 Å². The van der Waals surface area contributed by atoms with E-state index in [0.717, 1.165) is 26.7 Å². The Hall–Kier alpha value is -2.44. The molecule has 2 fully saturated rings. The number of amides is 2. The second-order valence-corrected chi connectivity index (χ2v) is 12.5. The van der Waals surface area contributed by atoms with Gasteiger partial charge in [-0.05, 0) is 78.5 Å². The number of carbonyl (C=O) groups is 2. The van der Waals surface area contributed by atoms with Crippen molar-refractivity contribution < 1.29 is 9.59 Å². The third kappa shape index (κ3) is 3.37. The lowest BCUT2D eigenvalue weighted by Crippen LogP contribution is -2.32. The minimum Gasteiger partial charge on any atom is -0.274 e. The fraction of sp³-hybridized carbons (Fsp3) is 0.393. The van der Waals surface area contributed by atoms with Gasteiger partial charge < -0.3 is 0 Å². The molecule has 3 aliphatic rings. The maximum atomic E-state index is 13.2. The molecule has 0 radical (unpaired) electrons. The number of nitrogens with zero attached hydrogens (tertiary/aromatic N) is 2. The molecule has 174 valence electrons. The summed E-state index contributed by atoms with van der Waals surface area (Å²) in [5, 5.41) is 0. The van der Waals surface area contributed by atoms with Gasteiger partial charge in [0.25, 0.3) is 0 Å². The summed E-state index contributed by atoms with van der Waals surface area (Å²) in [5.41, 5.74) is 7.03. The summed E-state index contributed by atoms with van der Waals surface area (Å²) in [6.07, 6.45) is 5.22. The maximum Gasteiger partial charge on any atom is 0.238 e. The van der Waals surface area contributed by atoms with E-state index in [0.29, 0.717) is 11.6 Å². The van der Waals surface area contributed by atoms with Crippen LogP contribution < -0.4 is 4.90 Å². The fourth-order valence-corrected chi connectivity index (χ4v) is 8.27.